The fourth-order valence-corrected chi connectivity index (χ4v) is 4.96. The van der Waals surface area contributed by atoms with E-state index in [0.717, 1.165) is 89.9 Å². The molecule has 6 heteroatoms. The van der Waals surface area contributed by atoms with Crippen molar-refractivity contribution in [2.24, 2.45) is 0 Å². The summed E-state index contributed by atoms with van der Waals surface area (Å²) >= 11 is 0. The molecule has 1 rings (SSSR count). The molecule has 1 aromatic carbocycles. The molecule has 0 unspecified atom stereocenters. The number of hydrogen-bond donors (Lipinski definition) is 0. The van der Waals surface area contributed by atoms with Crippen molar-refractivity contribution in [1.82, 2.24) is 0 Å². The van der Waals surface area contributed by atoms with E-state index in [1.165, 1.54) is 10.4 Å². The minimum atomic E-state index is -0.0747. The van der Waals surface area contributed by atoms with E-state index >= 15 is 0 Å². The Morgan fingerprint density at radius 3 is 1.06 bits per heavy atom. The van der Waals surface area contributed by atoms with Gasteiger partial charge in [0.25, 0.3) is 0 Å². The third-order valence-corrected chi connectivity index (χ3v) is 7.60. The van der Waals surface area contributed by atoms with Crippen LogP contribution in [-0.4, -0.2) is 58.0 Å². The molecule has 0 saturated heterocycles. The zero-order valence-corrected chi connectivity index (χ0v) is 23.0. The molecule has 0 bridgehead atoms. The quantitative estimate of drug-likeness (QED) is 0.132. The summed E-state index contributed by atoms with van der Waals surface area (Å²) in [4.78, 5) is 0. The maximum absolute atomic E-state index is 5.98. The molecule has 4 radical (unpaired) electrons. The highest BCUT2D eigenvalue weighted by atomic mass is 28.2. The van der Waals surface area contributed by atoms with Crippen LogP contribution >= 0.6 is 0 Å². The molecule has 0 atom stereocenters. The average Bonchev–Trinajstić information content (AvgIpc) is 2.81. The van der Waals surface area contributed by atoms with Crippen LogP contribution in [0, 0.1) is 0 Å². The molecule has 0 aromatic heterocycles. The second-order valence-corrected chi connectivity index (χ2v) is 10.8. The minimum Gasteiger partial charge on any atom is -0.353 e. The zero-order valence-electron chi connectivity index (χ0n) is 21.0. The topological polar surface area (TPSA) is 36.9 Å². The number of unbranched alkanes of at least 4 members (excludes halogenated alkanes) is 4. The monoisotopic (exact) mass is 478 g/mol. The van der Waals surface area contributed by atoms with E-state index in [1.54, 1.807) is 0 Å². The Morgan fingerprint density at radius 1 is 0.531 bits per heavy atom. The molecular weight excluding hydrogens is 432 g/mol. The minimum absolute atomic E-state index is 0.0747. The molecule has 0 fully saturated rings. The second-order valence-electron chi connectivity index (χ2n) is 8.10. The van der Waals surface area contributed by atoms with Crippen LogP contribution in [0.15, 0.2) is 24.3 Å². The maximum atomic E-state index is 5.98. The molecular formula is C26H46O4Si2. The fourth-order valence-electron chi connectivity index (χ4n) is 2.88. The van der Waals surface area contributed by atoms with Crippen molar-refractivity contribution in [2.75, 3.05) is 26.4 Å². The molecule has 0 aliphatic rings. The first-order valence-electron chi connectivity index (χ1n) is 12.8. The van der Waals surface area contributed by atoms with Gasteiger partial charge in [-0.25, -0.2) is 0 Å². The van der Waals surface area contributed by atoms with E-state index in [0.29, 0.717) is 19.0 Å². The van der Waals surface area contributed by atoms with Gasteiger partial charge in [-0.05, 0) is 37.8 Å². The SMILES string of the molecule is CCCCOC(C[Si]c1ccc([Si]CC(OCCCC)OCCCC)cc1)OCCCC. The third kappa shape index (κ3) is 15.4. The van der Waals surface area contributed by atoms with E-state index in [2.05, 4.69) is 52.0 Å². The van der Waals surface area contributed by atoms with Gasteiger partial charge in [0.2, 0.25) is 0 Å². The van der Waals surface area contributed by atoms with Gasteiger partial charge < -0.3 is 18.9 Å². The van der Waals surface area contributed by atoms with E-state index < -0.39 is 0 Å². The van der Waals surface area contributed by atoms with Crippen molar-refractivity contribution < 1.29 is 18.9 Å². The van der Waals surface area contributed by atoms with Crippen molar-refractivity contribution in [3.05, 3.63) is 24.3 Å². The Hall–Kier alpha value is -0.506. The Balaban J connectivity index is 2.45. The summed E-state index contributed by atoms with van der Waals surface area (Å²) in [5.41, 5.74) is 0. The summed E-state index contributed by atoms with van der Waals surface area (Å²) in [6, 6.07) is 10.9. The molecule has 0 aliphatic heterocycles. The molecule has 4 nitrogen and oxygen atoms in total. The Morgan fingerprint density at radius 2 is 0.812 bits per heavy atom. The van der Waals surface area contributed by atoms with Crippen LogP contribution in [-0.2, 0) is 18.9 Å². The van der Waals surface area contributed by atoms with Gasteiger partial charge >= 0.3 is 0 Å². The van der Waals surface area contributed by atoms with Gasteiger partial charge in [-0.3, -0.25) is 0 Å². The molecule has 32 heavy (non-hydrogen) atoms. The molecule has 0 saturated carbocycles. The van der Waals surface area contributed by atoms with Crippen molar-refractivity contribution in [1.29, 1.82) is 0 Å². The average molecular weight is 479 g/mol. The van der Waals surface area contributed by atoms with Crippen LogP contribution < -0.4 is 10.4 Å². The van der Waals surface area contributed by atoms with Gasteiger partial charge in [0, 0.05) is 26.4 Å². The van der Waals surface area contributed by atoms with Gasteiger partial charge in [0.1, 0.15) is 0 Å². The molecule has 1 aromatic rings. The van der Waals surface area contributed by atoms with E-state index in [-0.39, 0.29) is 12.6 Å². The third-order valence-electron chi connectivity index (χ3n) is 5.04. The summed E-state index contributed by atoms with van der Waals surface area (Å²) < 4.78 is 23.9. The molecule has 0 amide bonds. The van der Waals surface area contributed by atoms with Gasteiger partial charge in [0.15, 0.2) is 12.6 Å². The van der Waals surface area contributed by atoms with Crippen molar-refractivity contribution in [3.8, 4) is 0 Å². The predicted octanol–water partition coefficient (Wildman–Crippen LogP) is 5.10. The largest absolute Gasteiger partial charge is 0.353 e. The van der Waals surface area contributed by atoms with Crippen molar-refractivity contribution >= 4 is 29.4 Å². The molecule has 0 N–H and O–H groups in total. The van der Waals surface area contributed by atoms with Gasteiger partial charge in [-0.2, -0.15) is 0 Å². The summed E-state index contributed by atoms with van der Waals surface area (Å²) in [7, 11) is 1.41. The van der Waals surface area contributed by atoms with Gasteiger partial charge in [-0.1, -0.05) is 88.0 Å². The van der Waals surface area contributed by atoms with Crippen LogP contribution in [0.3, 0.4) is 0 Å². The van der Waals surface area contributed by atoms with Crippen LogP contribution in [0.25, 0.3) is 0 Å². The van der Waals surface area contributed by atoms with E-state index in [9.17, 15) is 0 Å². The highest BCUT2D eigenvalue weighted by Gasteiger charge is 2.12. The first kappa shape index (κ1) is 29.5. The highest BCUT2D eigenvalue weighted by molar-refractivity contribution is 6.55. The number of hydrogen-bond acceptors (Lipinski definition) is 4. The van der Waals surface area contributed by atoms with Crippen molar-refractivity contribution in [2.45, 2.75) is 104 Å². The first-order valence-corrected chi connectivity index (χ1v) is 15.2. The van der Waals surface area contributed by atoms with Gasteiger partial charge in [-0.15, -0.1) is 0 Å². The summed E-state index contributed by atoms with van der Waals surface area (Å²) in [6.07, 6.45) is 8.84. The molecule has 0 aliphatic carbocycles. The lowest BCUT2D eigenvalue weighted by Crippen LogP contribution is -2.28. The zero-order chi connectivity index (χ0) is 23.3. The predicted molar refractivity (Wildman–Crippen MR) is 138 cm³/mol. The van der Waals surface area contributed by atoms with E-state index in [4.69, 9.17) is 18.9 Å². The normalized spacial score (nSPS) is 11.7. The lowest BCUT2D eigenvalue weighted by Gasteiger charge is -2.19. The number of benzene rings is 1. The van der Waals surface area contributed by atoms with Crippen LogP contribution in [0.1, 0.15) is 79.1 Å². The molecule has 182 valence electrons. The van der Waals surface area contributed by atoms with E-state index in [1.807, 2.05) is 0 Å². The standard InChI is InChI=1S/C26H46O4Si2/c1-5-9-17-27-25(28-18-10-6-2)21-31-23-13-15-24(16-14-23)32-22-26(29-19-11-7-3)30-20-12-8-4/h13-16,25-26H,5-12,17-22H2,1-4H3. The Bertz CT molecular complexity index is 460. The summed E-state index contributed by atoms with van der Waals surface area (Å²) in [5, 5.41) is 2.74. The lowest BCUT2D eigenvalue weighted by molar-refractivity contribution is -0.131. The maximum Gasteiger partial charge on any atom is 0.155 e. The second kappa shape index (κ2) is 21.1. The van der Waals surface area contributed by atoms with Crippen LogP contribution in [0.2, 0.25) is 12.1 Å². The van der Waals surface area contributed by atoms with Crippen LogP contribution in [0.4, 0.5) is 0 Å². The fraction of sp³-hybridized carbons (Fsp3) is 0.769. The molecule has 0 spiro atoms. The smallest absolute Gasteiger partial charge is 0.155 e. The van der Waals surface area contributed by atoms with Crippen LogP contribution in [0.5, 0.6) is 0 Å². The summed E-state index contributed by atoms with van der Waals surface area (Å²) in [6.45, 7) is 11.9. The van der Waals surface area contributed by atoms with Gasteiger partial charge in [0.05, 0.1) is 19.0 Å². The number of rotatable bonds is 22. The number of ether oxygens (including phenoxy) is 4. The Labute approximate surface area is 202 Å². The van der Waals surface area contributed by atoms with Crippen molar-refractivity contribution in [3.63, 3.8) is 0 Å². The summed E-state index contributed by atoms with van der Waals surface area (Å²) in [5.74, 6) is 0. The lowest BCUT2D eigenvalue weighted by atomic mass is 10.3. The first-order chi connectivity index (χ1) is 15.7. The Kier molecular flexibility index (Phi) is 19.4. The highest BCUT2D eigenvalue weighted by Crippen LogP contribution is 2.07. The molecule has 0 heterocycles.